The fourth-order valence-electron chi connectivity index (χ4n) is 4.41. The second-order valence-corrected chi connectivity index (χ2v) is 10.1. The van der Waals surface area contributed by atoms with E-state index in [1.54, 1.807) is 0 Å². The molecule has 2 aromatic rings. The van der Waals surface area contributed by atoms with Crippen LogP contribution in [0.2, 0.25) is 0 Å². The summed E-state index contributed by atoms with van der Waals surface area (Å²) < 4.78 is 5.80. The number of fused-ring (bicyclic) bond motifs is 1. The van der Waals surface area contributed by atoms with Gasteiger partial charge in [0, 0.05) is 25.2 Å². The molecule has 0 radical (unpaired) electrons. The summed E-state index contributed by atoms with van der Waals surface area (Å²) in [6.07, 6.45) is 6.75. The van der Waals surface area contributed by atoms with E-state index in [1.807, 2.05) is 36.2 Å². The van der Waals surface area contributed by atoms with Gasteiger partial charge < -0.3 is 15.0 Å². The van der Waals surface area contributed by atoms with Crippen LogP contribution in [0.25, 0.3) is 0 Å². The van der Waals surface area contributed by atoms with Crippen LogP contribution >= 0.6 is 0 Å². The number of likely N-dealkylation sites (N-methyl/N-ethyl adjacent to an activating group) is 1. The number of ether oxygens (including phenoxy) is 1. The standard InChI is InChI=1S/C28H38N2O2/c1-20(2)14-15-29-18-22-6-7-25-17-26(11-8-24(25)16-22)30(3)28(31)23-9-12-27(13-10-23)32-19-21-4-5-21/h6-7,9-10,12-13,16,20-21,26,29H,4-5,8,11,14-15,17-19H2,1-3H3/t26-/m0/s1. The Hall–Kier alpha value is -2.33. The van der Waals surface area contributed by atoms with Crippen LogP contribution in [0.3, 0.4) is 0 Å². The summed E-state index contributed by atoms with van der Waals surface area (Å²) in [7, 11) is 1.95. The molecule has 0 unspecified atom stereocenters. The lowest BCUT2D eigenvalue weighted by atomic mass is 9.86. The third-order valence-corrected chi connectivity index (χ3v) is 6.85. The van der Waals surface area contributed by atoms with Crippen molar-refractivity contribution in [2.75, 3.05) is 20.2 Å². The summed E-state index contributed by atoms with van der Waals surface area (Å²) in [4.78, 5) is 15.0. The molecule has 0 heterocycles. The van der Waals surface area contributed by atoms with Crippen molar-refractivity contribution in [2.45, 2.75) is 65.0 Å². The first-order valence-electron chi connectivity index (χ1n) is 12.3. The highest BCUT2D eigenvalue weighted by atomic mass is 16.5. The van der Waals surface area contributed by atoms with E-state index in [-0.39, 0.29) is 11.9 Å². The summed E-state index contributed by atoms with van der Waals surface area (Å²) in [5.74, 6) is 2.42. The van der Waals surface area contributed by atoms with E-state index in [9.17, 15) is 4.79 Å². The molecule has 4 nitrogen and oxygen atoms in total. The molecule has 2 aliphatic carbocycles. The zero-order valence-electron chi connectivity index (χ0n) is 19.9. The van der Waals surface area contributed by atoms with E-state index in [2.05, 4.69) is 37.4 Å². The fraction of sp³-hybridized carbons (Fsp3) is 0.536. The van der Waals surface area contributed by atoms with Gasteiger partial charge in [0.15, 0.2) is 0 Å². The molecule has 32 heavy (non-hydrogen) atoms. The second-order valence-electron chi connectivity index (χ2n) is 10.1. The summed E-state index contributed by atoms with van der Waals surface area (Å²) in [5, 5.41) is 3.56. The molecule has 2 aliphatic rings. The number of benzene rings is 2. The van der Waals surface area contributed by atoms with Crippen molar-refractivity contribution in [2.24, 2.45) is 11.8 Å². The number of amides is 1. The summed E-state index contributed by atoms with van der Waals surface area (Å²) in [5.41, 5.74) is 4.93. The first kappa shape index (κ1) is 22.8. The van der Waals surface area contributed by atoms with E-state index in [0.29, 0.717) is 0 Å². The van der Waals surface area contributed by atoms with Gasteiger partial charge in [-0.25, -0.2) is 0 Å². The third kappa shape index (κ3) is 6.13. The minimum atomic E-state index is 0.0955. The molecule has 1 amide bonds. The van der Waals surface area contributed by atoms with Gasteiger partial charge in [0.1, 0.15) is 5.75 Å². The third-order valence-electron chi connectivity index (χ3n) is 6.85. The molecule has 0 spiro atoms. The largest absolute Gasteiger partial charge is 0.493 e. The van der Waals surface area contributed by atoms with Crippen LogP contribution in [-0.2, 0) is 19.4 Å². The van der Waals surface area contributed by atoms with Crippen molar-refractivity contribution in [3.8, 4) is 5.75 Å². The molecule has 2 aromatic carbocycles. The summed E-state index contributed by atoms with van der Waals surface area (Å²) in [6, 6.07) is 14.8. The Morgan fingerprint density at radius 3 is 2.59 bits per heavy atom. The fourth-order valence-corrected chi connectivity index (χ4v) is 4.41. The predicted octanol–water partition coefficient (Wildman–Crippen LogP) is 5.24. The number of nitrogens with zero attached hydrogens (tertiary/aromatic N) is 1. The number of carbonyl (C=O) groups excluding carboxylic acids is 1. The van der Waals surface area contributed by atoms with Gasteiger partial charge in [-0.2, -0.15) is 0 Å². The van der Waals surface area contributed by atoms with Gasteiger partial charge in [-0.1, -0.05) is 32.0 Å². The van der Waals surface area contributed by atoms with Crippen LogP contribution in [0, 0.1) is 11.8 Å². The number of carbonyl (C=O) groups is 1. The molecule has 0 saturated heterocycles. The monoisotopic (exact) mass is 434 g/mol. The highest BCUT2D eigenvalue weighted by Gasteiger charge is 2.26. The van der Waals surface area contributed by atoms with Gasteiger partial charge in [-0.05, 0) is 97.9 Å². The van der Waals surface area contributed by atoms with Gasteiger partial charge in [-0.3, -0.25) is 4.79 Å². The zero-order chi connectivity index (χ0) is 22.5. The maximum absolute atomic E-state index is 13.1. The smallest absolute Gasteiger partial charge is 0.253 e. The van der Waals surface area contributed by atoms with Gasteiger partial charge in [-0.15, -0.1) is 0 Å². The van der Waals surface area contributed by atoms with Gasteiger partial charge >= 0.3 is 0 Å². The molecule has 0 bridgehead atoms. The van der Waals surface area contributed by atoms with Crippen molar-refractivity contribution in [1.82, 2.24) is 10.2 Å². The Morgan fingerprint density at radius 2 is 1.88 bits per heavy atom. The Morgan fingerprint density at radius 1 is 1.09 bits per heavy atom. The molecule has 0 aromatic heterocycles. The van der Waals surface area contributed by atoms with Crippen LogP contribution in [-0.4, -0.2) is 37.0 Å². The molecule has 1 N–H and O–H groups in total. The number of hydrogen-bond acceptors (Lipinski definition) is 3. The minimum Gasteiger partial charge on any atom is -0.493 e. The summed E-state index contributed by atoms with van der Waals surface area (Å²) in [6.45, 7) is 7.32. The molecular formula is C28H38N2O2. The number of nitrogens with one attached hydrogen (secondary N) is 1. The van der Waals surface area contributed by atoms with E-state index in [1.165, 1.54) is 36.0 Å². The van der Waals surface area contributed by atoms with Crippen LogP contribution in [0.1, 0.15) is 66.6 Å². The molecule has 0 aliphatic heterocycles. The maximum atomic E-state index is 13.1. The van der Waals surface area contributed by atoms with Crippen LogP contribution in [0.4, 0.5) is 0 Å². The molecular weight excluding hydrogens is 396 g/mol. The van der Waals surface area contributed by atoms with Gasteiger partial charge in [0.05, 0.1) is 6.61 Å². The van der Waals surface area contributed by atoms with Gasteiger partial charge in [0.25, 0.3) is 5.91 Å². The number of rotatable bonds is 10. The first-order chi connectivity index (χ1) is 15.5. The van der Waals surface area contributed by atoms with E-state index in [4.69, 9.17) is 4.74 Å². The number of hydrogen-bond donors (Lipinski definition) is 1. The van der Waals surface area contributed by atoms with E-state index >= 15 is 0 Å². The normalized spacial score (nSPS) is 17.8. The molecule has 1 atom stereocenters. The van der Waals surface area contributed by atoms with Crippen molar-refractivity contribution < 1.29 is 9.53 Å². The zero-order valence-corrected chi connectivity index (χ0v) is 19.9. The summed E-state index contributed by atoms with van der Waals surface area (Å²) >= 11 is 0. The Kier molecular flexibility index (Phi) is 7.51. The minimum absolute atomic E-state index is 0.0955. The van der Waals surface area contributed by atoms with Crippen LogP contribution < -0.4 is 10.1 Å². The Labute approximate surface area is 193 Å². The lowest BCUT2D eigenvalue weighted by Crippen LogP contribution is -2.40. The Balaban J connectivity index is 1.30. The van der Waals surface area contributed by atoms with Crippen molar-refractivity contribution >= 4 is 5.91 Å². The van der Waals surface area contributed by atoms with Crippen LogP contribution in [0.15, 0.2) is 42.5 Å². The second kappa shape index (κ2) is 10.5. The Bertz CT molecular complexity index is 902. The SMILES string of the molecule is CC(C)CCNCc1ccc2c(c1)CC[C@H](N(C)C(=O)c1ccc(OCC3CC3)cc1)C2. The lowest BCUT2D eigenvalue weighted by molar-refractivity contribution is 0.0719. The highest BCUT2D eigenvalue weighted by molar-refractivity contribution is 5.94. The quantitative estimate of drug-likeness (QED) is 0.520. The first-order valence-corrected chi connectivity index (χ1v) is 12.3. The van der Waals surface area contributed by atoms with Gasteiger partial charge in [0.2, 0.25) is 0 Å². The molecule has 1 saturated carbocycles. The topological polar surface area (TPSA) is 41.6 Å². The predicted molar refractivity (Wildman–Crippen MR) is 130 cm³/mol. The molecule has 4 rings (SSSR count). The molecule has 4 heteroatoms. The van der Waals surface area contributed by atoms with Crippen molar-refractivity contribution in [1.29, 1.82) is 0 Å². The number of aryl methyl sites for hydroxylation is 1. The van der Waals surface area contributed by atoms with Crippen molar-refractivity contribution in [3.63, 3.8) is 0 Å². The highest BCUT2D eigenvalue weighted by Crippen LogP contribution is 2.30. The maximum Gasteiger partial charge on any atom is 0.253 e. The lowest BCUT2D eigenvalue weighted by Gasteiger charge is -2.33. The molecule has 1 fully saturated rings. The van der Waals surface area contributed by atoms with Crippen LogP contribution in [0.5, 0.6) is 5.75 Å². The molecule has 172 valence electrons. The van der Waals surface area contributed by atoms with E-state index in [0.717, 1.165) is 62.1 Å². The van der Waals surface area contributed by atoms with E-state index < -0.39 is 0 Å². The average molecular weight is 435 g/mol. The van der Waals surface area contributed by atoms with Crippen molar-refractivity contribution in [3.05, 3.63) is 64.7 Å². The average Bonchev–Trinajstić information content (AvgIpc) is 3.64.